The first-order chi connectivity index (χ1) is 33.9. The molecule has 4 atom stereocenters. The van der Waals surface area contributed by atoms with Crippen molar-refractivity contribution in [3.63, 3.8) is 0 Å². The van der Waals surface area contributed by atoms with Gasteiger partial charge in [0.25, 0.3) is 10.1 Å². The van der Waals surface area contributed by atoms with Crippen LogP contribution in [0.3, 0.4) is 0 Å². The highest BCUT2D eigenvalue weighted by molar-refractivity contribution is 7.86. The largest absolute Gasteiger partial charge is 0.444 e. The number of ketones is 2. The lowest BCUT2D eigenvalue weighted by Crippen LogP contribution is -2.64. The fourth-order valence-corrected chi connectivity index (χ4v) is 13.0. The molecule has 2 aliphatic carbocycles. The minimum absolute atomic E-state index is 0.0330. The molecule has 2 saturated carbocycles. The van der Waals surface area contributed by atoms with Gasteiger partial charge in [-0.15, -0.1) is 8.57 Å². The number of carbonyl (C=O) groups excluding carboxylic acids is 5. The number of nitroso groups, excluding NO2 is 1. The number of hydrogen-bond donors (Lipinski definition) is 2. The number of hydrogen-bond acceptors (Lipinski definition) is 15. The molecule has 0 aromatic carbocycles. The normalized spacial score (nSPS) is 25.7. The molecule has 8 aliphatic rings. The smallest absolute Gasteiger partial charge is 0.418 e. The first-order valence-corrected chi connectivity index (χ1v) is 29.7. The number of unbranched alkanes of at least 4 members (excludes halogenated alkanes) is 7. The first-order valence-electron chi connectivity index (χ1n) is 26.7. The zero-order valence-corrected chi connectivity index (χ0v) is 45.7. The summed E-state index contributed by atoms with van der Waals surface area (Å²) >= 11 is 0. The van der Waals surface area contributed by atoms with Crippen molar-refractivity contribution in [1.29, 1.82) is 0 Å². The maximum absolute atomic E-state index is 13.1. The predicted molar refractivity (Wildman–Crippen MR) is 269 cm³/mol. The van der Waals surface area contributed by atoms with Gasteiger partial charge < -0.3 is 24.8 Å². The van der Waals surface area contributed by atoms with Gasteiger partial charge in [-0.2, -0.15) is 31.9 Å². The van der Waals surface area contributed by atoms with Gasteiger partial charge in [0.15, 0.2) is 11.6 Å². The van der Waals surface area contributed by atoms with E-state index >= 15 is 0 Å². The van der Waals surface area contributed by atoms with Gasteiger partial charge in [0.05, 0.1) is 36.5 Å². The van der Waals surface area contributed by atoms with Crippen molar-refractivity contribution in [3.8, 4) is 0 Å². The second kappa shape index (κ2) is 25.8. The average Bonchev–Trinajstić information content (AvgIpc) is 3.62. The Bertz CT molecular complexity index is 2070. The van der Waals surface area contributed by atoms with E-state index in [1.54, 1.807) is 4.90 Å². The van der Waals surface area contributed by atoms with Crippen molar-refractivity contribution in [3.05, 3.63) is 4.91 Å². The number of Topliss-reactive ketones (excluding diaryl/α,β-unsaturated/α-hetero) is 2. The van der Waals surface area contributed by atoms with E-state index in [0.29, 0.717) is 93.9 Å². The lowest BCUT2D eigenvalue weighted by Gasteiger charge is -2.58. The van der Waals surface area contributed by atoms with E-state index in [1.165, 1.54) is 48.3 Å². The number of fused-ring (bicyclic) bond motifs is 4. The summed E-state index contributed by atoms with van der Waals surface area (Å²) < 4.78 is 69.8. The molecule has 5 amide bonds. The average molecular weight is 1060 g/mol. The molecule has 2 spiro atoms. The first kappa shape index (κ1) is 59.4. The van der Waals surface area contributed by atoms with Crippen LogP contribution < -0.4 is 5.32 Å². The van der Waals surface area contributed by atoms with Crippen LogP contribution in [0.15, 0.2) is 5.18 Å². The van der Waals surface area contributed by atoms with Gasteiger partial charge in [-0.05, 0) is 102 Å². The van der Waals surface area contributed by atoms with E-state index in [9.17, 15) is 45.7 Å². The minimum Gasteiger partial charge on any atom is -0.444 e. The summed E-state index contributed by atoms with van der Waals surface area (Å²) in [6.07, 6.45) is 18.2. The zero-order valence-electron chi connectivity index (χ0n) is 44.0. The lowest BCUT2D eigenvalue weighted by molar-refractivity contribution is -0.131. The molecule has 412 valence electrons. The Balaban J connectivity index is 0.000000218. The van der Waals surface area contributed by atoms with Crippen LogP contribution in [-0.4, -0.2) is 157 Å². The van der Waals surface area contributed by atoms with Gasteiger partial charge in [0, 0.05) is 57.5 Å². The van der Waals surface area contributed by atoms with Gasteiger partial charge >= 0.3 is 28.6 Å². The number of hydroxylamine groups is 4. The third-order valence-electron chi connectivity index (χ3n) is 15.1. The maximum atomic E-state index is 13.1. The molecule has 6 aliphatic heterocycles. The topological polar surface area (TPSA) is 259 Å². The molecule has 23 heteroatoms. The molecule has 6 saturated heterocycles. The van der Waals surface area contributed by atoms with Crippen molar-refractivity contribution < 1.29 is 58.7 Å². The third-order valence-corrected chi connectivity index (χ3v) is 16.7. The summed E-state index contributed by atoms with van der Waals surface area (Å²) in [5.41, 5.74) is -0.00656. The Kier molecular flexibility index (Phi) is 21.3. The van der Waals surface area contributed by atoms with E-state index in [2.05, 4.69) is 28.6 Å². The summed E-state index contributed by atoms with van der Waals surface area (Å²) in [7, 11) is -8.58. The Hall–Kier alpha value is -3.51. The lowest BCUT2D eigenvalue weighted by atomic mass is 9.56. The molecule has 8 rings (SSSR count). The number of ether oxygens (including phenoxy) is 1. The van der Waals surface area contributed by atoms with Crippen molar-refractivity contribution in [2.75, 3.05) is 51.6 Å². The molecular formula is C49H85N7O14S2. The van der Waals surface area contributed by atoms with Crippen LogP contribution in [0.2, 0.25) is 0 Å². The fraction of sp³-hybridized carbons (Fsp3) is 0.898. The Morgan fingerprint density at radius 1 is 0.681 bits per heavy atom. The van der Waals surface area contributed by atoms with Crippen LogP contribution >= 0.6 is 0 Å². The molecule has 21 nitrogen and oxygen atoms in total. The van der Waals surface area contributed by atoms with Crippen molar-refractivity contribution in [1.82, 2.24) is 30.1 Å². The Labute approximate surface area is 428 Å². The number of urea groups is 2. The summed E-state index contributed by atoms with van der Waals surface area (Å²) in [5.74, 6) is 0.593. The summed E-state index contributed by atoms with van der Waals surface area (Å²) in [4.78, 5) is 76.9. The number of carbonyl (C=O) groups is 5. The van der Waals surface area contributed by atoms with Crippen LogP contribution in [0, 0.1) is 27.6 Å². The number of nitrogens with one attached hydrogen (secondary N) is 1. The summed E-state index contributed by atoms with van der Waals surface area (Å²) in [6.45, 7) is 18.4. The van der Waals surface area contributed by atoms with Crippen molar-refractivity contribution in [2.45, 2.75) is 207 Å². The summed E-state index contributed by atoms with van der Waals surface area (Å²) in [5, 5.41) is 7.59. The Morgan fingerprint density at radius 3 is 1.53 bits per heavy atom. The number of likely N-dealkylation sites (tertiary alicyclic amines) is 1. The number of nitrogens with zero attached hydrogens (tertiary/aromatic N) is 6. The maximum Gasteiger partial charge on any atom is 0.418 e. The highest BCUT2D eigenvalue weighted by Gasteiger charge is 2.56. The summed E-state index contributed by atoms with van der Waals surface area (Å²) in [6, 6.07) is -3.02. The molecule has 8 fully saturated rings. The van der Waals surface area contributed by atoms with E-state index in [0.717, 1.165) is 56.7 Å². The van der Waals surface area contributed by atoms with Crippen molar-refractivity contribution >= 4 is 50.2 Å². The van der Waals surface area contributed by atoms with Gasteiger partial charge in [0.1, 0.15) is 5.60 Å². The van der Waals surface area contributed by atoms with Gasteiger partial charge in [-0.1, -0.05) is 84.2 Å². The molecule has 4 bridgehead atoms. The fourth-order valence-electron chi connectivity index (χ4n) is 11.5. The van der Waals surface area contributed by atoms with E-state index in [-0.39, 0.29) is 47.3 Å². The number of amides is 5. The Morgan fingerprint density at radius 2 is 1.14 bits per heavy atom. The molecular weight excluding hydrogens is 975 g/mol. The SMILES string of the molecule is CCCCCCCC.CCCCN=O.CCCCS(=O)(=O)ON1C(=O)N2C[C@H]1CC[C@@H]2C(=O)CC1CC2(C1)CN(C(=O)OC(C)(C)C)C2.O=C(CC1CC2(CNC2)C1)[C@H]1CC[C@@H]2CN1C(=O)N2OS(=O)(=O)O. The molecule has 0 radical (unpaired) electrons. The van der Waals surface area contributed by atoms with Gasteiger partial charge in [-0.3, -0.25) is 14.1 Å². The quantitative estimate of drug-likeness (QED) is 0.0631. The second-order valence-electron chi connectivity index (χ2n) is 22.7. The highest BCUT2D eigenvalue weighted by Crippen LogP contribution is 2.54. The van der Waals surface area contributed by atoms with E-state index < -0.39 is 56.3 Å². The predicted octanol–water partition coefficient (Wildman–Crippen LogP) is 7.79. The number of rotatable bonds is 21. The van der Waals surface area contributed by atoms with E-state index in [1.807, 2.05) is 34.6 Å². The molecule has 0 aromatic heterocycles. The van der Waals surface area contributed by atoms with Crippen LogP contribution in [0.4, 0.5) is 14.4 Å². The van der Waals surface area contributed by atoms with Crippen molar-refractivity contribution in [2.24, 2.45) is 27.8 Å². The zero-order chi connectivity index (χ0) is 53.1. The minimum atomic E-state index is -4.75. The molecule has 6 heterocycles. The molecule has 0 aromatic rings. The number of piperidine rings is 2. The molecule has 72 heavy (non-hydrogen) atoms. The van der Waals surface area contributed by atoms with Crippen LogP contribution in [0.1, 0.15) is 177 Å². The van der Waals surface area contributed by atoms with Crippen LogP contribution in [0.5, 0.6) is 0 Å². The van der Waals surface area contributed by atoms with Gasteiger partial charge in [-0.25, -0.2) is 14.4 Å². The molecule has 2 N–H and O–H groups in total. The highest BCUT2D eigenvalue weighted by atomic mass is 32.3. The monoisotopic (exact) mass is 1060 g/mol. The standard InChI is InChI=1S/C23H37N3O7S.C14H21N3O6S.C8H18.C4H9NO/c1-5-6-9-34(30,31)33-26-17-7-8-18(25(13-17)20(26)28)19(27)10-16-11-23(12-16)14-24(15-23)21(29)32-22(2,3)4;18-12(3-9-4-14(5-9)7-15-8-14)11-2-1-10-6-16(11)13(19)17(10)23-24(20,21)22;1-3-5-7-8-6-4-2;1-2-3-4-5-6/h16-18H,5-15H2,1-4H3;9-11,15H,1-8H2,(H,20,21,22);3-8H2,1-2H3;2-4H2,1H3/t17-,18-;10-,11-;;/m11../s1. The van der Waals surface area contributed by atoms with Crippen LogP contribution in [0.25, 0.3) is 0 Å². The van der Waals surface area contributed by atoms with E-state index in [4.69, 9.17) is 13.6 Å². The third kappa shape index (κ3) is 16.2. The molecule has 0 unspecified atom stereocenters. The second-order valence-corrected chi connectivity index (χ2v) is 25.3. The van der Waals surface area contributed by atoms with Crippen LogP contribution in [-0.2, 0) is 43.4 Å². The van der Waals surface area contributed by atoms with Gasteiger partial charge in [0.2, 0.25) is 0 Å².